The average Bonchev–Trinajstić information content (AvgIpc) is 2.64. The molecule has 4 nitrogen and oxygen atoms in total. The van der Waals surface area contributed by atoms with Crippen LogP contribution in [0.15, 0.2) is 61.2 Å². The first-order chi connectivity index (χ1) is 12.1. The molecule has 2 aromatic rings. The van der Waals surface area contributed by atoms with Gasteiger partial charge in [-0.05, 0) is 35.4 Å². The molecule has 2 rings (SSSR count). The summed E-state index contributed by atoms with van der Waals surface area (Å²) in [6.45, 7) is 4.39. The molecule has 0 spiro atoms. The third kappa shape index (κ3) is 5.69. The van der Waals surface area contributed by atoms with Crippen molar-refractivity contribution in [2.45, 2.75) is 6.54 Å². The first-order valence-electron chi connectivity index (χ1n) is 7.75. The number of amides is 1. The SMILES string of the molecule is C=CCOc1ccc(/C=C/C(=O)NCc2ccccc2Cl)cc1OC. The Balaban J connectivity index is 1.97. The van der Waals surface area contributed by atoms with Gasteiger partial charge in [0.25, 0.3) is 0 Å². The zero-order valence-electron chi connectivity index (χ0n) is 14.0. The van der Waals surface area contributed by atoms with Crippen LogP contribution in [0.2, 0.25) is 5.02 Å². The minimum Gasteiger partial charge on any atom is -0.493 e. The second-order valence-electron chi connectivity index (χ2n) is 5.15. The van der Waals surface area contributed by atoms with E-state index in [0.29, 0.717) is 29.7 Å². The van der Waals surface area contributed by atoms with E-state index >= 15 is 0 Å². The normalized spacial score (nSPS) is 10.5. The van der Waals surface area contributed by atoms with Crippen LogP contribution in [0.5, 0.6) is 11.5 Å². The molecule has 130 valence electrons. The van der Waals surface area contributed by atoms with Gasteiger partial charge >= 0.3 is 0 Å². The van der Waals surface area contributed by atoms with E-state index in [0.717, 1.165) is 11.1 Å². The number of methoxy groups -OCH3 is 1. The molecule has 0 aromatic heterocycles. The highest BCUT2D eigenvalue weighted by molar-refractivity contribution is 6.31. The molecule has 0 fully saturated rings. The molecular weight excluding hydrogens is 338 g/mol. The number of rotatable bonds is 8. The lowest BCUT2D eigenvalue weighted by Crippen LogP contribution is -2.20. The van der Waals surface area contributed by atoms with E-state index in [1.807, 2.05) is 24.3 Å². The zero-order chi connectivity index (χ0) is 18.1. The van der Waals surface area contributed by atoms with Gasteiger partial charge in [0.1, 0.15) is 6.61 Å². The molecule has 25 heavy (non-hydrogen) atoms. The number of ether oxygens (including phenoxy) is 2. The lowest BCUT2D eigenvalue weighted by molar-refractivity contribution is -0.116. The third-order valence-electron chi connectivity index (χ3n) is 3.38. The first kappa shape index (κ1) is 18.6. The van der Waals surface area contributed by atoms with Crippen molar-refractivity contribution >= 4 is 23.6 Å². The fourth-order valence-corrected chi connectivity index (χ4v) is 2.31. The predicted octanol–water partition coefficient (Wildman–Crippen LogP) is 4.24. The molecule has 0 bridgehead atoms. The molecular formula is C20H20ClNO3. The minimum atomic E-state index is -0.203. The summed E-state index contributed by atoms with van der Waals surface area (Å²) in [6, 6.07) is 12.8. The predicted molar refractivity (Wildman–Crippen MR) is 101 cm³/mol. The van der Waals surface area contributed by atoms with Gasteiger partial charge in [0.2, 0.25) is 5.91 Å². The van der Waals surface area contributed by atoms with Crippen LogP contribution in [0, 0.1) is 0 Å². The standard InChI is InChI=1S/C20H20ClNO3/c1-3-12-25-18-10-8-15(13-19(18)24-2)9-11-20(23)22-14-16-6-4-5-7-17(16)21/h3-11,13H,1,12,14H2,2H3,(H,22,23)/b11-9+. The van der Waals surface area contributed by atoms with Crippen molar-refractivity contribution in [1.29, 1.82) is 0 Å². The fraction of sp³-hybridized carbons (Fsp3) is 0.150. The average molecular weight is 358 g/mol. The Morgan fingerprint density at radius 2 is 2.04 bits per heavy atom. The van der Waals surface area contributed by atoms with Crippen LogP contribution in [-0.2, 0) is 11.3 Å². The number of carbonyl (C=O) groups is 1. The lowest BCUT2D eigenvalue weighted by atomic mass is 10.2. The number of carbonyl (C=O) groups excluding carboxylic acids is 1. The van der Waals surface area contributed by atoms with Crippen molar-refractivity contribution in [2.75, 3.05) is 13.7 Å². The van der Waals surface area contributed by atoms with Crippen LogP contribution >= 0.6 is 11.6 Å². The molecule has 0 heterocycles. The third-order valence-corrected chi connectivity index (χ3v) is 3.75. The number of halogens is 1. The van der Waals surface area contributed by atoms with E-state index in [4.69, 9.17) is 21.1 Å². The molecule has 0 unspecified atom stereocenters. The van der Waals surface area contributed by atoms with Gasteiger partial charge in [-0.3, -0.25) is 4.79 Å². The Kier molecular flexibility index (Phi) is 7.11. The highest BCUT2D eigenvalue weighted by Gasteiger charge is 2.05. The van der Waals surface area contributed by atoms with Gasteiger partial charge in [0.05, 0.1) is 7.11 Å². The van der Waals surface area contributed by atoms with E-state index < -0.39 is 0 Å². The molecule has 0 atom stereocenters. The quantitative estimate of drug-likeness (QED) is 0.567. The summed E-state index contributed by atoms with van der Waals surface area (Å²) in [5.41, 5.74) is 1.70. The fourth-order valence-electron chi connectivity index (χ4n) is 2.11. The van der Waals surface area contributed by atoms with Gasteiger partial charge in [-0.1, -0.05) is 48.5 Å². The van der Waals surface area contributed by atoms with E-state index in [2.05, 4.69) is 11.9 Å². The topological polar surface area (TPSA) is 47.6 Å². The lowest BCUT2D eigenvalue weighted by Gasteiger charge is -2.09. The summed E-state index contributed by atoms with van der Waals surface area (Å²) < 4.78 is 10.8. The van der Waals surface area contributed by atoms with Crippen LogP contribution in [0.25, 0.3) is 6.08 Å². The molecule has 0 radical (unpaired) electrons. The van der Waals surface area contributed by atoms with Crippen molar-refractivity contribution < 1.29 is 14.3 Å². The summed E-state index contributed by atoms with van der Waals surface area (Å²) in [5, 5.41) is 3.43. The number of hydrogen-bond acceptors (Lipinski definition) is 3. The van der Waals surface area contributed by atoms with Gasteiger partial charge in [-0.15, -0.1) is 0 Å². The Hall–Kier alpha value is -2.72. The van der Waals surface area contributed by atoms with Gasteiger partial charge < -0.3 is 14.8 Å². The molecule has 0 saturated heterocycles. The molecule has 1 amide bonds. The molecule has 1 N–H and O–H groups in total. The molecule has 0 aliphatic carbocycles. The van der Waals surface area contributed by atoms with Crippen molar-refractivity contribution in [3.05, 3.63) is 77.3 Å². The summed E-state index contributed by atoms with van der Waals surface area (Å²) in [7, 11) is 1.57. The van der Waals surface area contributed by atoms with Gasteiger partial charge in [-0.2, -0.15) is 0 Å². The van der Waals surface area contributed by atoms with Crippen molar-refractivity contribution in [3.63, 3.8) is 0 Å². The summed E-state index contributed by atoms with van der Waals surface area (Å²) >= 11 is 6.06. The van der Waals surface area contributed by atoms with Crippen LogP contribution in [0.3, 0.4) is 0 Å². The van der Waals surface area contributed by atoms with E-state index in [9.17, 15) is 4.79 Å². The second kappa shape index (κ2) is 9.55. The summed E-state index contributed by atoms with van der Waals surface area (Å²) in [5.74, 6) is 1.02. The van der Waals surface area contributed by atoms with Crippen molar-refractivity contribution in [1.82, 2.24) is 5.32 Å². The maximum Gasteiger partial charge on any atom is 0.244 e. The highest BCUT2D eigenvalue weighted by atomic mass is 35.5. The van der Waals surface area contributed by atoms with Gasteiger partial charge in [0.15, 0.2) is 11.5 Å². The molecule has 5 heteroatoms. The van der Waals surface area contributed by atoms with Gasteiger partial charge in [-0.25, -0.2) is 0 Å². The Bertz CT molecular complexity index is 771. The van der Waals surface area contributed by atoms with E-state index in [-0.39, 0.29) is 5.91 Å². The second-order valence-corrected chi connectivity index (χ2v) is 5.56. The van der Waals surface area contributed by atoms with Crippen molar-refractivity contribution in [2.24, 2.45) is 0 Å². The Morgan fingerprint density at radius 3 is 2.76 bits per heavy atom. The van der Waals surface area contributed by atoms with Crippen LogP contribution in [0.4, 0.5) is 0 Å². The van der Waals surface area contributed by atoms with Crippen molar-refractivity contribution in [3.8, 4) is 11.5 Å². The smallest absolute Gasteiger partial charge is 0.244 e. The highest BCUT2D eigenvalue weighted by Crippen LogP contribution is 2.28. The largest absolute Gasteiger partial charge is 0.493 e. The summed E-state index contributed by atoms with van der Waals surface area (Å²) in [6.07, 6.45) is 4.84. The maximum atomic E-state index is 12.0. The van der Waals surface area contributed by atoms with Crippen LogP contribution in [-0.4, -0.2) is 19.6 Å². The number of nitrogens with one attached hydrogen (secondary N) is 1. The molecule has 0 saturated carbocycles. The van der Waals surface area contributed by atoms with Crippen LogP contribution < -0.4 is 14.8 Å². The first-order valence-corrected chi connectivity index (χ1v) is 8.13. The minimum absolute atomic E-state index is 0.203. The molecule has 0 aliphatic heterocycles. The number of benzene rings is 2. The molecule has 2 aromatic carbocycles. The number of hydrogen-bond donors (Lipinski definition) is 1. The maximum absolute atomic E-state index is 12.0. The van der Waals surface area contributed by atoms with E-state index in [1.54, 1.807) is 37.5 Å². The van der Waals surface area contributed by atoms with Gasteiger partial charge in [0, 0.05) is 17.6 Å². The monoisotopic (exact) mass is 357 g/mol. The Morgan fingerprint density at radius 1 is 1.24 bits per heavy atom. The zero-order valence-corrected chi connectivity index (χ0v) is 14.8. The van der Waals surface area contributed by atoms with Crippen LogP contribution in [0.1, 0.15) is 11.1 Å². The molecule has 0 aliphatic rings. The van der Waals surface area contributed by atoms with E-state index in [1.165, 1.54) is 6.08 Å². The Labute approximate surface area is 152 Å². The summed E-state index contributed by atoms with van der Waals surface area (Å²) in [4.78, 5) is 12.0.